The molecule has 130 valence electrons. The highest BCUT2D eigenvalue weighted by atomic mass is 16.3. The first-order valence-corrected chi connectivity index (χ1v) is 10.1. The van der Waals surface area contributed by atoms with Crippen molar-refractivity contribution < 1.29 is 14.1 Å². The Morgan fingerprint density at radius 1 is 0.773 bits per heavy atom. The van der Waals surface area contributed by atoms with Gasteiger partial charge in [0.05, 0.1) is 45.8 Å². The Morgan fingerprint density at radius 2 is 1.36 bits per heavy atom. The van der Waals surface area contributed by atoms with Gasteiger partial charge in [0.1, 0.15) is 0 Å². The van der Waals surface area contributed by atoms with Gasteiger partial charge in [-0.25, -0.2) is 0 Å². The zero-order chi connectivity index (χ0) is 15.9. The molecular formula is C19H40N2O+2. The molecule has 0 bridgehead atoms. The minimum atomic E-state index is -0.0966. The van der Waals surface area contributed by atoms with E-state index in [0.717, 1.165) is 10.9 Å². The summed E-state index contributed by atoms with van der Waals surface area (Å²) in [6, 6.07) is 0. The predicted molar refractivity (Wildman–Crippen MR) is 93.5 cm³/mol. The maximum Gasteiger partial charge on any atom is 0.190 e. The molecule has 2 rings (SSSR count). The average Bonchev–Trinajstić information content (AvgIpc) is 3.15. The van der Waals surface area contributed by atoms with Crippen LogP contribution >= 0.6 is 0 Å². The van der Waals surface area contributed by atoms with Gasteiger partial charge in [0.25, 0.3) is 0 Å². The van der Waals surface area contributed by atoms with E-state index in [4.69, 9.17) is 0 Å². The van der Waals surface area contributed by atoms with Crippen LogP contribution in [0.25, 0.3) is 0 Å². The third kappa shape index (κ3) is 4.46. The van der Waals surface area contributed by atoms with Gasteiger partial charge in [-0.3, -0.25) is 4.48 Å². The molecule has 0 saturated carbocycles. The summed E-state index contributed by atoms with van der Waals surface area (Å²) < 4.78 is 2.38. The first-order chi connectivity index (χ1) is 10.7. The SMILES string of the molecule is CCC[N+]1(CCCCC(O)[N+]2(CCC)CCCC2)CCCC1. The van der Waals surface area contributed by atoms with Crippen LogP contribution in [0.5, 0.6) is 0 Å². The molecule has 1 N–H and O–H groups in total. The van der Waals surface area contributed by atoms with Gasteiger partial charge in [0.15, 0.2) is 6.23 Å². The average molecular weight is 313 g/mol. The lowest BCUT2D eigenvalue weighted by molar-refractivity contribution is -0.961. The van der Waals surface area contributed by atoms with E-state index in [9.17, 15) is 5.11 Å². The minimum Gasteiger partial charge on any atom is -0.345 e. The van der Waals surface area contributed by atoms with Crippen LogP contribution < -0.4 is 0 Å². The van der Waals surface area contributed by atoms with Crippen molar-refractivity contribution in [3.63, 3.8) is 0 Å². The molecule has 22 heavy (non-hydrogen) atoms. The lowest BCUT2D eigenvalue weighted by atomic mass is 10.1. The molecule has 2 aliphatic heterocycles. The van der Waals surface area contributed by atoms with Gasteiger partial charge in [-0.1, -0.05) is 13.8 Å². The van der Waals surface area contributed by atoms with E-state index < -0.39 is 0 Å². The Hall–Kier alpha value is -0.120. The minimum absolute atomic E-state index is 0.0966. The van der Waals surface area contributed by atoms with E-state index in [1.807, 2.05) is 0 Å². The van der Waals surface area contributed by atoms with Gasteiger partial charge in [0, 0.05) is 32.1 Å². The van der Waals surface area contributed by atoms with Crippen molar-refractivity contribution in [2.45, 2.75) is 77.9 Å². The van der Waals surface area contributed by atoms with Crippen molar-refractivity contribution in [2.75, 3.05) is 45.8 Å². The van der Waals surface area contributed by atoms with Crippen molar-refractivity contribution in [1.29, 1.82) is 0 Å². The van der Waals surface area contributed by atoms with Crippen LogP contribution in [-0.4, -0.2) is 66.1 Å². The second kappa shape index (κ2) is 8.65. The fraction of sp³-hybridized carbons (Fsp3) is 1.00. The van der Waals surface area contributed by atoms with Crippen LogP contribution in [0.1, 0.15) is 71.6 Å². The molecule has 0 spiro atoms. The second-order valence-electron chi connectivity index (χ2n) is 8.02. The maximum atomic E-state index is 10.8. The van der Waals surface area contributed by atoms with Gasteiger partial charge < -0.3 is 9.59 Å². The van der Waals surface area contributed by atoms with Crippen molar-refractivity contribution in [2.24, 2.45) is 0 Å². The lowest BCUT2D eigenvalue weighted by Gasteiger charge is -2.39. The van der Waals surface area contributed by atoms with E-state index in [0.29, 0.717) is 0 Å². The summed E-state index contributed by atoms with van der Waals surface area (Å²) in [6.07, 6.45) is 11.5. The summed E-state index contributed by atoms with van der Waals surface area (Å²) in [6.45, 7) is 13.7. The summed E-state index contributed by atoms with van der Waals surface area (Å²) in [5.74, 6) is 0. The first-order valence-electron chi connectivity index (χ1n) is 10.1. The maximum absolute atomic E-state index is 10.8. The number of unbranched alkanes of at least 4 members (excludes halogenated alkanes) is 1. The topological polar surface area (TPSA) is 20.2 Å². The molecule has 1 unspecified atom stereocenters. The van der Waals surface area contributed by atoms with Gasteiger partial charge >= 0.3 is 0 Å². The largest absolute Gasteiger partial charge is 0.345 e. The van der Waals surface area contributed by atoms with Crippen LogP contribution in [0.4, 0.5) is 0 Å². The zero-order valence-corrected chi connectivity index (χ0v) is 15.2. The summed E-state index contributed by atoms with van der Waals surface area (Å²) in [4.78, 5) is 0. The Balaban J connectivity index is 1.73. The van der Waals surface area contributed by atoms with Crippen molar-refractivity contribution >= 4 is 0 Å². The van der Waals surface area contributed by atoms with Crippen LogP contribution in [-0.2, 0) is 0 Å². The van der Waals surface area contributed by atoms with Gasteiger partial charge in [-0.2, -0.15) is 0 Å². The number of aliphatic hydroxyl groups excluding tert-OH is 1. The number of quaternary nitrogens is 2. The smallest absolute Gasteiger partial charge is 0.190 e. The van der Waals surface area contributed by atoms with E-state index in [-0.39, 0.29) is 6.23 Å². The van der Waals surface area contributed by atoms with Crippen LogP contribution in [0.3, 0.4) is 0 Å². The normalized spacial score (nSPS) is 24.7. The van der Waals surface area contributed by atoms with E-state index >= 15 is 0 Å². The third-order valence-corrected chi connectivity index (χ3v) is 6.32. The molecule has 0 aromatic heterocycles. The fourth-order valence-electron chi connectivity index (χ4n) is 5.17. The van der Waals surface area contributed by atoms with Crippen molar-refractivity contribution in [3.05, 3.63) is 0 Å². The summed E-state index contributed by atoms with van der Waals surface area (Å²) in [5.41, 5.74) is 0. The third-order valence-electron chi connectivity index (χ3n) is 6.32. The first kappa shape index (κ1) is 18.2. The van der Waals surface area contributed by atoms with Crippen LogP contribution in [0.15, 0.2) is 0 Å². The monoisotopic (exact) mass is 312 g/mol. The molecule has 1 atom stereocenters. The fourth-order valence-corrected chi connectivity index (χ4v) is 5.17. The number of hydrogen-bond acceptors (Lipinski definition) is 1. The van der Waals surface area contributed by atoms with E-state index in [2.05, 4.69) is 13.8 Å². The van der Waals surface area contributed by atoms with Crippen molar-refractivity contribution in [3.8, 4) is 0 Å². The molecule has 2 saturated heterocycles. The Bertz CT molecular complexity index is 307. The van der Waals surface area contributed by atoms with E-state index in [1.54, 1.807) is 0 Å². The highest BCUT2D eigenvalue weighted by Gasteiger charge is 2.38. The van der Waals surface area contributed by atoms with E-state index in [1.165, 1.54) is 102 Å². The number of aliphatic hydroxyl groups is 1. The molecule has 2 heterocycles. The quantitative estimate of drug-likeness (QED) is 0.483. The van der Waals surface area contributed by atoms with Crippen LogP contribution in [0, 0.1) is 0 Å². The second-order valence-corrected chi connectivity index (χ2v) is 8.02. The molecule has 0 radical (unpaired) electrons. The highest BCUT2D eigenvalue weighted by molar-refractivity contribution is 4.60. The van der Waals surface area contributed by atoms with Gasteiger partial charge in [0.2, 0.25) is 0 Å². The predicted octanol–water partition coefficient (Wildman–Crippen LogP) is 3.52. The van der Waals surface area contributed by atoms with Gasteiger partial charge in [-0.15, -0.1) is 0 Å². The number of nitrogens with zero attached hydrogens (tertiary/aromatic N) is 2. The summed E-state index contributed by atoms with van der Waals surface area (Å²) in [7, 11) is 0. The summed E-state index contributed by atoms with van der Waals surface area (Å²) >= 11 is 0. The molecule has 2 fully saturated rings. The summed E-state index contributed by atoms with van der Waals surface area (Å²) in [5, 5.41) is 10.8. The number of hydrogen-bond donors (Lipinski definition) is 1. The molecule has 2 aliphatic rings. The Labute approximate surface area is 138 Å². The highest BCUT2D eigenvalue weighted by Crippen LogP contribution is 2.27. The lowest BCUT2D eigenvalue weighted by Crippen LogP contribution is -2.53. The molecule has 3 nitrogen and oxygen atoms in total. The number of likely N-dealkylation sites (tertiary alicyclic amines) is 2. The van der Waals surface area contributed by atoms with Crippen LogP contribution in [0.2, 0.25) is 0 Å². The molecule has 0 aliphatic carbocycles. The Morgan fingerprint density at radius 3 is 1.95 bits per heavy atom. The van der Waals surface area contributed by atoms with Crippen molar-refractivity contribution in [1.82, 2.24) is 0 Å². The number of rotatable bonds is 10. The zero-order valence-electron chi connectivity index (χ0n) is 15.2. The standard InChI is InChI=1S/C19H40N2O/c1-3-12-20(15-7-8-16-20)14-6-5-11-19(22)21(13-4-2)17-9-10-18-21/h19,22H,3-18H2,1-2H3/q+2. The molecule has 3 heteroatoms. The molecular weight excluding hydrogens is 272 g/mol. The molecule has 0 aromatic carbocycles. The van der Waals surface area contributed by atoms with Gasteiger partial charge in [-0.05, 0) is 25.7 Å². The molecule has 0 amide bonds. The molecule has 0 aromatic rings. The Kier molecular flexibility index (Phi) is 7.17.